The van der Waals surface area contributed by atoms with Gasteiger partial charge in [0.2, 0.25) is 5.91 Å². The van der Waals surface area contributed by atoms with Gasteiger partial charge in [0.15, 0.2) is 0 Å². The first-order valence-corrected chi connectivity index (χ1v) is 13.1. The highest BCUT2D eigenvalue weighted by molar-refractivity contribution is 8.00. The molecule has 3 aromatic rings. The van der Waals surface area contributed by atoms with Crippen LogP contribution in [0.4, 0.5) is 5.82 Å². The summed E-state index contributed by atoms with van der Waals surface area (Å²) < 4.78 is 7.14. The molecular formula is C26H31N5O3S. The molecule has 2 aliphatic rings. The number of nitrogens with one attached hydrogen (secondary N) is 2. The van der Waals surface area contributed by atoms with E-state index >= 15 is 0 Å². The van der Waals surface area contributed by atoms with Gasteiger partial charge in [-0.05, 0) is 67.3 Å². The molecule has 9 heteroatoms. The highest BCUT2D eigenvalue weighted by Gasteiger charge is 2.26. The number of aromatic nitrogens is 2. The van der Waals surface area contributed by atoms with Crippen molar-refractivity contribution in [3.05, 3.63) is 58.5 Å². The van der Waals surface area contributed by atoms with Gasteiger partial charge in [-0.2, -0.15) is 0 Å². The van der Waals surface area contributed by atoms with Gasteiger partial charge >= 0.3 is 0 Å². The maximum absolute atomic E-state index is 12.7. The second kappa shape index (κ2) is 10.4. The minimum absolute atomic E-state index is 0.000305. The van der Waals surface area contributed by atoms with Gasteiger partial charge in [0, 0.05) is 37.3 Å². The number of nitrogens with two attached hydrogens (primary N) is 1. The number of hydrogen-bond acceptors (Lipinski definition) is 7. The van der Waals surface area contributed by atoms with E-state index in [1.165, 1.54) is 11.8 Å². The summed E-state index contributed by atoms with van der Waals surface area (Å²) in [7, 11) is 1.63. The SMILES string of the molecule is COc1ccc2ccc(=O)n(C[C@H](N)C3CCC(NCc4ccc5c(n4)NC(=O)CS5)CC3)c2c1. The molecule has 35 heavy (non-hydrogen) atoms. The van der Waals surface area contributed by atoms with Crippen LogP contribution in [0, 0.1) is 5.92 Å². The van der Waals surface area contributed by atoms with Crippen molar-refractivity contribution in [1.29, 1.82) is 0 Å². The van der Waals surface area contributed by atoms with E-state index in [1.54, 1.807) is 17.7 Å². The van der Waals surface area contributed by atoms with Gasteiger partial charge in [0.1, 0.15) is 11.6 Å². The van der Waals surface area contributed by atoms with Crippen LogP contribution in [0.25, 0.3) is 10.9 Å². The van der Waals surface area contributed by atoms with Crippen molar-refractivity contribution in [1.82, 2.24) is 14.9 Å². The van der Waals surface area contributed by atoms with Crippen molar-refractivity contribution >= 4 is 34.4 Å². The standard InChI is InChI=1S/C26H31N5O3S/c1-34-20-9-4-17-5-11-25(33)31(22(17)12-20)14-21(27)16-2-6-18(7-3-16)28-13-19-8-10-23-26(29-19)30-24(32)15-35-23/h4-5,8-12,16,18,21,28H,2-3,6-7,13-15,27H2,1H3,(H,29,30,32)/t16?,18?,21-/m0/s1. The van der Waals surface area contributed by atoms with Gasteiger partial charge in [0.25, 0.3) is 5.56 Å². The molecule has 0 bridgehead atoms. The third kappa shape index (κ3) is 5.37. The Hall–Kier alpha value is -2.88. The van der Waals surface area contributed by atoms with Crippen molar-refractivity contribution in [2.75, 3.05) is 18.2 Å². The van der Waals surface area contributed by atoms with E-state index in [0.29, 0.717) is 36.6 Å². The van der Waals surface area contributed by atoms with Crippen LogP contribution < -0.4 is 26.7 Å². The molecule has 1 atom stereocenters. The number of rotatable bonds is 7. The molecule has 8 nitrogen and oxygen atoms in total. The average molecular weight is 494 g/mol. The number of carbonyl (C=O) groups excluding carboxylic acids is 1. The van der Waals surface area contributed by atoms with Crippen molar-refractivity contribution in [2.24, 2.45) is 11.7 Å². The number of carbonyl (C=O) groups is 1. The maximum Gasteiger partial charge on any atom is 0.251 e. The Kier molecular flexibility index (Phi) is 7.08. The summed E-state index contributed by atoms with van der Waals surface area (Å²) >= 11 is 1.52. The molecule has 1 aliphatic carbocycles. The molecule has 5 rings (SSSR count). The smallest absolute Gasteiger partial charge is 0.251 e. The van der Waals surface area contributed by atoms with Crippen molar-refractivity contribution < 1.29 is 9.53 Å². The summed E-state index contributed by atoms with van der Waals surface area (Å²) in [5, 5.41) is 7.47. The highest BCUT2D eigenvalue weighted by Crippen LogP contribution is 2.30. The molecule has 1 aromatic carbocycles. The van der Waals surface area contributed by atoms with E-state index in [0.717, 1.165) is 52.9 Å². The fraction of sp³-hybridized carbons (Fsp3) is 0.423. The fourth-order valence-electron chi connectivity index (χ4n) is 5.05. The number of fused-ring (bicyclic) bond motifs is 2. The van der Waals surface area contributed by atoms with Gasteiger partial charge in [-0.3, -0.25) is 9.59 Å². The van der Waals surface area contributed by atoms with Crippen LogP contribution in [-0.2, 0) is 17.9 Å². The zero-order chi connectivity index (χ0) is 24.4. The Balaban J connectivity index is 1.17. The second-order valence-corrected chi connectivity index (χ2v) is 10.4. The molecule has 184 valence electrons. The monoisotopic (exact) mass is 493 g/mol. The van der Waals surface area contributed by atoms with E-state index in [1.807, 2.05) is 36.4 Å². The predicted molar refractivity (Wildman–Crippen MR) is 139 cm³/mol. The third-order valence-corrected chi connectivity index (χ3v) is 8.12. The molecule has 0 radical (unpaired) electrons. The molecule has 3 heterocycles. The van der Waals surface area contributed by atoms with Crippen LogP contribution in [0.1, 0.15) is 31.4 Å². The number of pyridine rings is 2. The average Bonchev–Trinajstić information content (AvgIpc) is 2.88. The zero-order valence-corrected chi connectivity index (χ0v) is 20.6. The van der Waals surface area contributed by atoms with E-state index in [4.69, 9.17) is 10.5 Å². The van der Waals surface area contributed by atoms with Crippen LogP contribution in [0.3, 0.4) is 0 Å². The maximum atomic E-state index is 12.7. The van der Waals surface area contributed by atoms with Crippen molar-refractivity contribution in [3.63, 3.8) is 0 Å². The number of benzene rings is 1. The predicted octanol–water partition coefficient (Wildman–Crippen LogP) is 3.13. The van der Waals surface area contributed by atoms with Gasteiger partial charge in [-0.15, -0.1) is 11.8 Å². The summed E-state index contributed by atoms with van der Waals surface area (Å²) in [6.07, 6.45) is 4.11. The number of nitrogens with zero attached hydrogens (tertiary/aromatic N) is 2. The Morgan fingerprint density at radius 1 is 1.17 bits per heavy atom. The molecule has 1 amide bonds. The number of ether oxygens (including phenoxy) is 1. The van der Waals surface area contributed by atoms with Crippen LogP contribution in [0.15, 0.2) is 52.2 Å². The zero-order valence-electron chi connectivity index (χ0n) is 19.8. The second-order valence-electron chi connectivity index (χ2n) is 9.35. The van der Waals surface area contributed by atoms with E-state index in [9.17, 15) is 9.59 Å². The quantitative estimate of drug-likeness (QED) is 0.464. The van der Waals surface area contributed by atoms with E-state index in [-0.39, 0.29) is 17.5 Å². The number of amides is 1. The van der Waals surface area contributed by atoms with E-state index < -0.39 is 0 Å². The molecule has 2 aromatic heterocycles. The van der Waals surface area contributed by atoms with Gasteiger partial charge < -0.3 is 25.7 Å². The van der Waals surface area contributed by atoms with Gasteiger partial charge in [-0.25, -0.2) is 4.98 Å². The lowest BCUT2D eigenvalue weighted by Gasteiger charge is -2.33. The topological polar surface area (TPSA) is 111 Å². The molecule has 0 spiro atoms. The normalized spacial score (nSPS) is 20.8. The molecule has 1 fully saturated rings. The first-order valence-electron chi connectivity index (χ1n) is 12.1. The van der Waals surface area contributed by atoms with Gasteiger partial charge in [0.05, 0.1) is 29.0 Å². The Bertz CT molecular complexity index is 1290. The minimum atomic E-state index is -0.0890. The molecule has 1 saturated carbocycles. The van der Waals surface area contributed by atoms with Crippen LogP contribution in [0.5, 0.6) is 5.75 Å². The Morgan fingerprint density at radius 3 is 2.77 bits per heavy atom. The summed E-state index contributed by atoms with van der Waals surface area (Å²) in [6.45, 7) is 1.16. The van der Waals surface area contributed by atoms with Crippen LogP contribution >= 0.6 is 11.8 Å². The molecule has 0 unspecified atom stereocenters. The molecular weight excluding hydrogens is 462 g/mol. The first-order chi connectivity index (χ1) is 17.0. The number of methoxy groups -OCH3 is 1. The van der Waals surface area contributed by atoms with Gasteiger partial charge in [-0.1, -0.05) is 0 Å². The Morgan fingerprint density at radius 2 is 1.97 bits per heavy atom. The number of anilines is 1. The summed E-state index contributed by atoms with van der Waals surface area (Å²) in [6, 6.07) is 13.6. The highest BCUT2D eigenvalue weighted by atomic mass is 32.2. The van der Waals surface area contributed by atoms with Crippen molar-refractivity contribution in [2.45, 2.75) is 55.8 Å². The van der Waals surface area contributed by atoms with E-state index in [2.05, 4.69) is 15.6 Å². The minimum Gasteiger partial charge on any atom is -0.497 e. The largest absolute Gasteiger partial charge is 0.497 e. The van der Waals surface area contributed by atoms with Crippen LogP contribution in [-0.4, -0.2) is 40.4 Å². The molecule has 4 N–H and O–H groups in total. The molecule has 0 saturated heterocycles. The van der Waals surface area contributed by atoms with Crippen molar-refractivity contribution in [3.8, 4) is 5.75 Å². The lowest BCUT2D eigenvalue weighted by atomic mass is 9.81. The summed E-state index contributed by atoms with van der Waals surface area (Å²) in [5.74, 6) is 2.21. The lowest BCUT2D eigenvalue weighted by molar-refractivity contribution is -0.113. The fourth-order valence-corrected chi connectivity index (χ4v) is 5.80. The molecule has 1 aliphatic heterocycles. The Labute approximate surface area is 208 Å². The van der Waals surface area contributed by atoms with Crippen LogP contribution in [0.2, 0.25) is 0 Å². The third-order valence-electron chi connectivity index (χ3n) is 7.07. The first kappa shape index (κ1) is 23.8. The summed E-state index contributed by atoms with van der Waals surface area (Å²) in [5.41, 5.74) is 8.38. The lowest BCUT2D eigenvalue weighted by Crippen LogP contribution is -2.42. The number of thioether (sulfide) groups is 1. The number of hydrogen-bond donors (Lipinski definition) is 3. The summed E-state index contributed by atoms with van der Waals surface area (Å²) in [4.78, 5) is 29.9.